The molecule has 3 N–H and O–H groups in total. The molecule has 150 valence electrons. The predicted octanol–water partition coefficient (Wildman–Crippen LogP) is 5.37. The van der Waals surface area contributed by atoms with Crippen LogP contribution in [0.1, 0.15) is 23.1 Å². The third kappa shape index (κ3) is 6.03. The van der Waals surface area contributed by atoms with Crippen LogP contribution in [0.2, 0.25) is 0 Å². The lowest BCUT2D eigenvalue weighted by Gasteiger charge is -2.10. The van der Waals surface area contributed by atoms with Crippen LogP contribution >= 0.6 is 12.0 Å². The molecule has 0 aliphatic carbocycles. The Hall–Kier alpha value is -2.41. The zero-order valence-electron chi connectivity index (χ0n) is 16.3. The summed E-state index contributed by atoms with van der Waals surface area (Å²) in [5, 5.41) is 8.39. The maximum atomic E-state index is 12.7. The van der Waals surface area contributed by atoms with Crippen molar-refractivity contribution in [1.82, 2.24) is 0 Å². The lowest BCUT2D eigenvalue weighted by atomic mass is 10.1. The first-order valence-electron chi connectivity index (χ1n) is 9.35. The van der Waals surface area contributed by atoms with Crippen LogP contribution < -0.4 is 5.73 Å². The molecule has 0 aliphatic rings. The topological polar surface area (TPSA) is 76.2 Å². The third-order valence-corrected chi connectivity index (χ3v) is 6.41. The van der Waals surface area contributed by atoms with Crippen LogP contribution in [-0.4, -0.2) is 15.9 Å². The minimum Gasteiger partial charge on any atom is -0.398 e. The fourth-order valence-corrected chi connectivity index (χ4v) is 4.36. The van der Waals surface area contributed by atoms with E-state index >= 15 is 0 Å². The quantitative estimate of drug-likeness (QED) is 0.168. The van der Waals surface area contributed by atoms with Crippen LogP contribution in [0.15, 0.2) is 82.6 Å². The highest BCUT2D eigenvalue weighted by Crippen LogP contribution is 2.22. The molecular weight excluding hydrogens is 400 g/mol. The van der Waals surface area contributed by atoms with Crippen molar-refractivity contribution in [2.75, 3.05) is 12.3 Å². The Balaban J connectivity index is 1.55. The van der Waals surface area contributed by atoms with Crippen molar-refractivity contribution in [3.05, 3.63) is 89.5 Å². The summed E-state index contributed by atoms with van der Waals surface area (Å²) in [5.74, 6) is 0. The Morgan fingerprint density at radius 1 is 1.07 bits per heavy atom. The monoisotopic (exact) mass is 424 g/mol. The second kappa shape index (κ2) is 10.4. The molecule has 0 bridgehead atoms. The maximum Gasteiger partial charge on any atom is 0.133 e. The second-order valence-corrected chi connectivity index (χ2v) is 8.95. The average molecular weight is 425 g/mol. The van der Waals surface area contributed by atoms with E-state index in [0.29, 0.717) is 22.8 Å². The number of hydrogen-bond acceptors (Lipinski definition) is 5. The Morgan fingerprint density at radius 3 is 2.52 bits per heavy atom. The van der Waals surface area contributed by atoms with E-state index in [0.717, 1.165) is 23.3 Å². The Labute approximate surface area is 178 Å². The summed E-state index contributed by atoms with van der Waals surface area (Å²) in [6.07, 6.45) is 1.64. The summed E-state index contributed by atoms with van der Waals surface area (Å²) in [6, 6.07) is 22.8. The van der Waals surface area contributed by atoms with E-state index in [1.807, 2.05) is 42.5 Å². The molecule has 29 heavy (non-hydrogen) atoms. The molecule has 0 radical (unpaired) electrons. The van der Waals surface area contributed by atoms with E-state index in [2.05, 4.69) is 19.1 Å². The first-order valence-corrected chi connectivity index (χ1v) is 11.2. The van der Waals surface area contributed by atoms with E-state index in [9.17, 15) is 4.21 Å². The molecule has 3 aromatic rings. The summed E-state index contributed by atoms with van der Waals surface area (Å²) in [7, 11) is -1.55. The number of anilines is 1. The molecule has 3 rings (SSSR count). The molecule has 1 atom stereocenters. The summed E-state index contributed by atoms with van der Waals surface area (Å²) < 4.78 is 18.4. The highest BCUT2D eigenvalue weighted by Gasteiger charge is 2.15. The summed E-state index contributed by atoms with van der Waals surface area (Å²) >= 11 is 1.38. The first kappa shape index (κ1) is 21.3. The van der Waals surface area contributed by atoms with Crippen LogP contribution in [0, 0.1) is 12.3 Å². The fraction of sp³-hybridized carbons (Fsp3) is 0.174. The molecule has 3 aromatic carbocycles. The molecule has 0 aliphatic heterocycles. The molecule has 6 heteroatoms. The van der Waals surface area contributed by atoms with Crippen molar-refractivity contribution in [2.45, 2.75) is 29.6 Å². The van der Waals surface area contributed by atoms with Gasteiger partial charge in [0.15, 0.2) is 0 Å². The minimum absolute atomic E-state index is 0.0294. The number of benzene rings is 3. The van der Waals surface area contributed by atoms with Gasteiger partial charge in [-0.3, -0.25) is 5.41 Å². The molecule has 0 spiro atoms. The SMILES string of the molecule is Cc1ccc(SOCCCc2ccc(N)c(C(=N)S(=O)c3ccccc3)c2)cc1. The van der Waals surface area contributed by atoms with Gasteiger partial charge in [-0.05, 0) is 61.7 Å². The third-order valence-electron chi connectivity index (χ3n) is 4.37. The van der Waals surface area contributed by atoms with Crippen LogP contribution in [0.3, 0.4) is 0 Å². The first-order chi connectivity index (χ1) is 14.0. The summed E-state index contributed by atoms with van der Waals surface area (Å²) in [4.78, 5) is 1.69. The summed E-state index contributed by atoms with van der Waals surface area (Å²) in [6.45, 7) is 2.68. The lowest BCUT2D eigenvalue weighted by Crippen LogP contribution is -2.11. The molecular formula is C23H24N2O2S2. The van der Waals surface area contributed by atoms with E-state index in [4.69, 9.17) is 15.3 Å². The highest BCUT2D eigenvalue weighted by atomic mass is 32.2. The zero-order chi connectivity index (χ0) is 20.6. The molecule has 0 saturated carbocycles. The standard InChI is InChI=1S/C23H24N2O2S2/c1-17-9-12-19(13-10-17)28-27-15-5-6-18-11-14-22(24)21(16-18)23(25)29(26)20-7-3-2-4-8-20/h2-4,7-14,16,25H,5-6,15,24H2,1H3. The normalized spacial score (nSPS) is 11.9. The number of nitrogens with two attached hydrogens (primary N) is 1. The minimum atomic E-state index is -1.55. The Kier molecular flexibility index (Phi) is 7.63. The van der Waals surface area contributed by atoms with Gasteiger partial charge in [0, 0.05) is 33.1 Å². The molecule has 0 aromatic heterocycles. The van der Waals surface area contributed by atoms with Gasteiger partial charge in [-0.1, -0.05) is 42.0 Å². The van der Waals surface area contributed by atoms with Crippen molar-refractivity contribution in [3.8, 4) is 0 Å². The number of hydrogen-bond donors (Lipinski definition) is 2. The van der Waals surface area contributed by atoms with Gasteiger partial charge >= 0.3 is 0 Å². The van der Waals surface area contributed by atoms with Crippen LogP contribution in [0.25, 0.3) is 0 Å². The molecule has 0 saturated heterocycles. The number of nitrogen functional groups attached to an aromatic ring is 1. The van der Waals surface area contributed by atoms with E-state index in [1.54, 1.807) is 18.2 Å². The molecule has 4 nitrogen and oxygen atoms in total. The van der Waals surface area contributed by atoms with Gasteiger partial charge < -0.3 is 9.92 Å². The van der Waals surface area contributed by atoms with Gasteiger partial charge in [-0.25, -0.2) is 4.21 Å². The summed E-state index contributed by atoms with van der Waals surface area (Å²) in [5.41, 5.74) is 9.33. The number of rotatable bonds is 8. The fourth-order valence-electron chi connectivity index (χ4n) is 2.76. The Bertz CT molecular complexity index is 990. The molecule has 0 heterocycles. The smallest absolute Gasteiger partial charge is 0.133 e. The van der Waals surface area contributed by atoms with Crippen LogP contribution in [0.4, 0.5) is 5.69 Å². The van der Waals surface area contributed by atoms with E-state index in [1.165, 1.54) is 17.6 Å². The number of nitrogens with one attached hydrogen (secondary N) is 1. The van der Waals surface area contributed by atoms with Crippen molar-refractivity contribution in [2.24, 2.45) is 0 Å². The van der Waals surface area contributed by atoms with Crippen molar-refractivity contribution in [3.63, 3.8) is 0 Å². The van der Waals surface area contributed by atoms with Gasteiger partial charge in [0.2, 0.25) is 0 Å². The number of aryl methyl sites for hydroxylation is 2. The highest BCUT2D eigenvalue weighted by molar-refractivity contribution is 8.01. The average Bonchev–Trinajstić information content (AvgIpc) is 2.75. The lowest BCUT2D eigenvalue weighted by molar-refractivity contribution is 0.365. The zero-order valence-corrected chi connectivity index (χ0v) is 17.9. The van der Waals surface area contributed by atoms with Gasteiger partial charge in [0.25, 0.3) is 0 Å². The van der Waals surface area contributed by atoms with Crippen molar-refractivity contribution >= 4 is 33.6 Å². The maximum absolute atomic E-state index is 12.7. The predicted molar refractivity (Wildman–Crippen MR) is 122 cm³/mol. The molecule has 0 amide bonds. The Morgan fingerprint density at radius 2 is 1.79 bits per heavy atom. The van der Waals surface area contributed by atoms with Crippen LogP contribution in [0.5, 0.6) is 0 Å². The van der Waals surface area contributed by atoms with Crippen molar-refractivity contribution in [1.29, 1.82) is 5.41 Å². The van der Waals surface area contributed by atoms with Crippen LogP contribution in [-0.2, 0) is 21.4 Å². The van der Waals surface area contributed by atoms with Gasteiger partial charge in [0.1, 0.15) is 15.8 Å². The van der Waals surface area contributed by atoms with Gasteiger partial charge in [0.05, 0.1) is 6.61 Å². The van der Waals surface area contributed by atoms with E-state index < -0.39 is 10.8 Å². The molecule has 1 unspecified atom stereocenters. The molecule has 0 fully saturated rings. The second-order valence-electron chi connectivity index (χ2n) is 6.65. The largest absolute Gasteiger partial charge is 0.398 e. The van der Waals surface area contributed by atoms with E-state index in [-0.39, 0.29) is 5.04 Å². The van der Waals surface area contributed by atoms with Gasteiger partial charge in [-0.15, -0.1) is 0 Å². The van der Waals surface area contributed by atoms with Gasteiger partial charge in [-0.2, -0.15) is 0 Å². The van der Waals surface area contributed by atoms with Crippen molar-refractivity contribution < 1.29 is 8.39 Å².